The standard InChI is InChI=1S/C10H8N4O4/c1-6-2-3-11-8(4-6)13-5-7(14(17)18)9(12-13)10(15)16/h2-5H,1H3,(H,15,16). The van der Waals surface area contributed by atoms with Gasteiger partial charge in [0, 0.05) is 6.20 Å². The van der Waals surface area contributed by atoms with Crippen molar-refractivity contribution in [3.8, 4) is 5.82 Å². The molecule has 1 N–H and O–H groups in total. The summed E-state index contributed by atoms with van der Waals surface area (Å²) in [5, 5.41) is 23.2. The summed E-state index contributed by atoms with van der Waals surface area (Å²) in [7, 11) is 0. The molecule has 0 saturated heterocycles. The maximum absolute atomic E-state index is 10.8. The predicted molar refractivity (Wildman–Crippen MR) is 59.7 cm³/mol. The van der Waals surface area contributed by atoms with Gasteiger partial charge in [-0.05, 0) is 24.6 Å². The molecule has 0 aliphatic rings. The summed E-state index contributed by atoms with van der Waals surface area (Å²) in [5.41, 5.74) is -0.288. The summed E-state index contributed by atoms with van der Waals surface area (Å²) in [6, 6.07) is 3.39. The van der Waals surface area contributed by atoms with Gasteiger partial charge in [-0.25, -0.2) is 14.5 Å². The first-order valence-electron chi connectivity index (χ1n) is 4.89. The largest absolute Gasteiger partial charge is 0.476 e. The third-order valence-electron chi connectivity index (χ3n) is 2.23. The Bertz CT molecular complexity index is 603. The van der Waals surface area contributed by atoms with Crippen molar-refractivity contribution in [2.24, 2.45) is 0 Å². The average Bonchev–Trinajstić information content (AvgIpc) is 2.73. The molecule has 2 rings (SSSR count). The molecule has 8 heteroatoms. The Morgan fingerprint density at radius 3 is 2.78 bits per heavy atom. The van der Waals surface area contributed by atoms with E-state index in [1.807, 2.05) is 6.92 Å². The van der Waals surface area contributed by atoms with E-state index in [9.17, 15) is 14.9 Å². The number of pyridine rings is 1. The topological polar surface area (TPSA) is 111 Å². The summed E-state index contributed by atoms with van der Waals surface area (Å²) in [6.07, 6.45) is 2.55. The van der Waals surface area contributed by atoms with E-state index in [-0.39, 0.29) is 0 Å². The molecule has 0 fully saturated rings. The lowest BCUT2D eigenvalue weighted by Crippen LogP contribution is -2.03. The molecule has 0 bridgehead atoms. The van der Waals surface area contributed by atoms with Crippen LogP contribution in [0.3, 0.4) is 0 Å². The molecule has 18 heavy (non-hydrogen) atoms. The normalized spacial score (nSPS) is 10.3. The zero-order valence-electron chi connectivity index (χ0n) is 9.27. The van der Waals surface area contributed by atoms with Gasteiger partial charge in [-0.3, -0.25) is 10.1 Å². The zero-order valence-corrected chi connectivity index (χ0v) is 9.27. The molecule has 0 spiro atoms. The predicted octanol–water partition coefficient (Wildman–Crippen LogP) is 1.18. The number of nitrogens with zero attached hydrogens (tertiary/aromatic N) is 4. The van der Waals surface area contributed by atoms with Crippen LogP contribution < -0.4 is 0 Å². The highest BCUT2D eigenvalue weighted by molar-refractivity contribution is 5.89. The Hall–Kier alpha value is -2.77. The fourth-order valence-corrected chi connectivity index (χ4v) is 1.41. The van der Waals surface area contributed by atoms with Gasteiger partial charge < -0.3 is 5.11 Å². The number of aryl methyl sites for hydroxylation is 1. The van der Waals surface area contributed by atoms with Gasteiger partial charge in [0.1, 0.15) is 6.20 Å². The van der Waals surface area contributed by atoms with E-state index in [1.165, 1.54) is 6.20 Å². The van der Waals surface area contributed by atoms with Crippen LogP contribution in [-0.2, 0) is 0 Å². The Labute approximate surface area is 101 Å². The molecule has 0 unspecified atom stereocenters. The van der Waals surface area contributed by atoms with Crippen LogP contribution in [0, 0.1) is 17.0 Å². The van der Waals surface area contributed by atoms with Crippen molar-refractivity contribution < 1.29 is 14.8 Å². The molecule has 8 nitrogen and oxygen atoms in total. The molecule has 2 aromatic heterocycles. The Kier molecular flexibility index (Phi) is 2.76. The molecule has 0 radical (unpaired) electrons. The lowest BCUT2D eigenvalue weighted by molar-refractivity contribution is -0.385. The fraction of sp³-hybridized carbons (Fsp3) is 0.100. The van der Waals surface area contributed by atoms with Gasteiger partial charge in [-0.1, -0.05) is 0 Å². The first-order valence-corrected chi connectivity index (χ1v) is 4.89. The van der Waals surface area contributed by atoms with Gasteiger partial charge >= 0.3 is 11.7 Å². The number of hydrogen-bond acceptors (Lipinski definition) is 5. The lowest BCUT2D eigenvalue weighted by atomic mass is 10.3. The van der Waals surface area contributed by atoms with Gasteiger partial charge in [0.05, 0.1) is 4.92 Å². The number of aromatic nitrogens is 3. The van der Waals surface area contributed by atoms with E-state index in [0.717, 1.165) is 16.4 Å². The number of carboxylic acid groups (broad SMARTS) is 1. The molecule has 0 saturated carbocycles. The van der Waals surface area contributed by atoms with Gasteiger partial charge in [0.2, 0.25) is 5.69 Å². The van der Waals surface area contributed by atoms with Crippen molar-refractivity contribution in [2.45, 2.75) is 6.92 Å². The van der Waals surface area contributed by atoms with Crippen LogP contribution >= 0.6 is 0 Å². The Morgan fingerprint density at radius 2 is 2.28 bits per heavy atom. The van der Waals surface area contributed by atoms with E-state index < -0.39 is 22.3 Å². The van der Waals surface area contributed by atoms with E-state index in [2.05, 4.69) is 10.1 Å². The van der Waals surface area contributed by atoms with E-state index in [0.29, 0.717) is 5.82 Å². The van der Waals surface area contributed by atoms with E-state index in [4.69, 9.17) is 5.11 Å². The first kappa shape index (κ1) is 11.7. The smallest absolute Gasteiger partial charge is 0.363 e. The van der Waals surface area contributed by atoms with Crippen molar-refractivity contribution >= 4 is 11.7 Å². The number of carbonyl (C=O) groups is 1. The van der Waals surface area contributed by atoms with E-state index in [1.54, 1.807) is 12.1 Å². The second-order valence-corrected chi connectivity index (χ2v) is 3.56. The molecule has 0 aliphatic carbocycles. The molecule has 92 valence electrons. The summed E-state index contributed by atoms with van der Waals surface area (Å²) in [4.78, 5) is 24.7. The molecular formula is C10H8N4O4. The van der Waals surface area contributed by atoms with Gasteiger partial charge in [-0.15, -0.1) is 0 Å². The quantitative estimate of drug-likeness (QED) is 0.644. The lowest BCUT2D eigenvalue weighted by Gasteiger charge is -1.99. The summed E-state index contributed by atoms with van der Waals surface area (Å²) >= 11 is 0. The van der Waals surface area contributed by atoms with Crippen molar-refractivity contribution in [3.05, 3.63) is 45.9 Å². The number of hydrogen-bond donors (Lipinski definition) is 1. The molecule has 0 aliphatic heterocycles. The molecular weight excluding hydrogens is 240 g/mol. The number of carboxylic acids is 1. The van der Waals surface area contributed by atoms with Gasteiger partial charge in [-0.2, -0.15) is 5.10 Å². The van der Waals surface area contributed by atoms with Crippen LogP contribution in [0.1, 0.15) is 16.1 Å². The second kappa shape index (κ2) is 4.24. The highest BCUT2D eigenvalue weighted by atomic mass is 16.6. The third-order valence-corrected chi connectivity index (χ3v) is 2.23. The highest BCUT2D eigenvalue weighted by Crippen LogP contribution is 2.19. The molecule has 2 aromatic rings. The number of aromatic carboxylic acids is 1. The minimum Gasteiger partial charge on any atom is -0.476 e. The van der Waals surface area contributed by atoms with Crippen LogP contribution in [0.2, 0.25) is 0 Å². The molecule has 0 atom stereocenters. The second-order valence-electron chi connectivity index (χ2n) is 3.56. The molecule has 2 heterocycles. The summed E-state index contributed by atoms with van der Waals surface area (Å²) < 4.78 is 1.08. The number of nitro groups is 1. The SMILES string of the molecule is Cc1ccnc(-n2cc([N+](=O)[O-])c(C(=O)O)n2)c1. The fourth-order valence-electron chi connectivity index (χ4n) is 1.41. The average molecular weight is 248 g/mol. The van der Waals surface area contributed by atoms with Crippen molar-refractivity contribution in [1.29, 1.82) is 0 Å². The maximum Gasteiger partial charge on any atom is 0.363 e. The maximum atomic E-state index is 10.8. The monoisotopic (exact) mass is 248 g/mol. The molecule has 0 aromatic carbocycles. The Balaban J connectivity index is 2.57. The van der Waals surface area contributed by atoms with E-state index >= 15 is 0 Å². The zero-order chi connectivity index (χ0) is 13.3. The van der Waals surface area contributed by atoms with Crippen LogP contribution in [0.25, 0.3) is 5.82 Å². The van der Waals surface area contributed by atoms with Gasteiger partial charge in [0.15, 0.2) is 5.82 Å². The summed E-state index contributed by atoms with van der Waals surface area (Å²) in [6.45, 7) is 1.82. The van der Waals surface area contributed by atoms with Crippen molar-refractivity contribution in [3.63, 3.8) is 0 Å². The minimum atomic E-state index is -1.45. The highest BCUT2D eigenvalue weighted by Gasteiger charge is 2.25. The third kappa shape index (κ3) is 2.03. The van der Waals surface area contributed by atoms with Crippen molar-refractivity contribution in [1.82, 2.24) is 14.8 Å². The van der Waals surface area contributed by atoms with Crippen molar-refractivity contribution in [2.75, 3.05) is 0 Å². The van der Waals surface area contributed by atoms with Crippen LogP contribution in [0.4, 0.5) is 5.69 Å². The van der Waals surface area contributed by atoms with Crippen LogP contribution in [-0.4, -0.2) is 30.8 Å². The van der Waals surface area contributed by atoms with Gasteiger partial charge in [0.25, 0.3) is 0 Å². The first-order chi connectivity index (χ1) is 8.49. The Morgan fingerprint density at radius 1 is 1.56 bits per heavy atom. The van der Waals surface area contributed by atoms with Crippen LogP contribution in [0.15, 0.2) is 24.5 Å². The minimum absolute atomic E-state index is 0.325. The summed E-state index contributed by atoms with van der Waals surface area (Å²) in [5.74, 6) is -1.13. The molecule has 0 amide bonds. The van der Waals surface area contributed by atoms with Crippen LogP contribution in [0.5, 0.6) is 0 Å². The number of rotatable bonds is 3.